The van der Waals surface area contributed by atoms with Crippen LogP contribution in [0.3, 0.4) is 0 Å². The van der Waals surface area contributed by atoms with E-state index in [1.54, 1.807) is 19.3 Å². The van der Waals surface area contributed by atoms with Gasteiger partial charge in [0.25, 0.3) is 0 Å². The van der Waals surface area contributed by atoms with E-state index in [1.807, 2.05) is 11.0 Å². The average molecular weight is 245 g/mol. The molecular weight excluding hydrogens is 230 g/mol. The molecule has 1 aliphatic heterocycles. The van der Waals surface area contributed by atoms with Crippen molar-refractivity contribution in [2.75, 3.05) is 31.6 Å². The van der Waals surface area contributed by atoms with Gasteiger partial charge < -0.3 is 15.5 Å². The van der Waals surface area contributed by atoms with Crippen LogP contribution in [0.1, 0.15) is 5.69 Å². The summed E-state index contributed by atoms with van der Waals surface area (Å²) in [5.74, 6) is -0.0602. The molecule has 1 aromatic rings. The number of hydrogen-bond donors (Lipinski definition) is 2. The first kappa shape index (κ1) is 12.3. The first-order valence-electron chi connectivity index (χ1n) is 5.82. The van der Waals surface area contributed by atoms with Gasteiger partial charge in [0, 0.05) is 32.9 Å². The minimum absolute atomic E-state index is 0.0602. The summed E-state index contributed by atoms with van der Waals surface area (Å²) < 4.78 is 0. The maximum atomic E-state index is 11.9. The van der Waals surface area contributed by atoms with Gasteiger partial charge in [-0.1, -0.05) is 0 Å². The number of likely N-dealkylation sites (N-methyl/N-ethyl adjacent to an activating group) is 1. The number of carbonyl (C=O) groups excluding carboxylic acids is 1. The number of aromatic nitrogens is 1. The first-order chi connectivity index (χ1) is 8.77. The van der Waals surface area contributed by atoms with Crippen molar-refractivity contribution in [2.24, 2.45) is 0 Å². The van der Waals surface area contributed by atoms with Gasteiger partial charge in [-0.15, -0.1) is 0 Å². The number of hydrogen-bond acceptors (Lipinski definition) is 5. The predicted octanol–water partition coefficient (Wildman–Crippen LogP) is -0.523. The molecule has 1 aliphatic rings. The monoisotopic (exact) mass is 245 g/mol. The van der Waals surface area contributed by atoms with Crippen molar-refractivity contribution in [3.8, 4) is 6.07 Å². The quantitative estimate of drug-likeness (QED) is 0.732. The lowest BCUT2D eigenvalue weighted by Gasteiger charge is -2.36. The van der Waals surface area contributed by atoms with Gasteiger partial charge in [0.15, 0.2) is 5.69 Å². The summed E-state index contributed by atoms with van der Waals surface area (Å²) in [7, 11) is 1.61. The van der Waals surface area contributed by atoms with Crippen LogP contribution in [0.25, 0.3) is 0 Å². The highest BCUT2D eigenvalue weighted by Gasteiger charge is 2.29. The van der Waals surface area contributed by atoms with E-state index >= 15 is 0 Å². The van der Waals surface area contributed by atoms with E-state index in [4.69, 9.17) is 5.26 Å². The summed E-state index contributed by atoms with van der Waals surface area (Å²) in [4.78, 5) is 17.8. The smallest absolute Gasteiger partial charge is 0.243 e. The molecule has 6 heteroatoms. The van der Waals surface area contributed by atoms with Gasteiger partial charge in [-0.05, 0) is 12.1 Å². The van der Waals surface area contributed by atoms with Gasteiger partial charge in [-0.25, -0.2) is 4.98 Å². The minimum atomic E-state index is -0.306. The molecule has 18 heavy (non-hydrogen) atoms. The van der Waals surface area contributed by atoms with Crippen molar-refractivity contribution >= 4 is 11.6 Å². The Balaban J connectivity index is 2.34. The van der Waals surface area contributed by atoms with Crippen molar-refractivity contribution < 1.29 is 4.79 Å². The van der Waals surface area contributed by atoms with Crippen LogP contribution in [-0.4, -0.2) is 43.6 Å². The number of nitriles is 1. The fourth-order valence-corrected chi connectivity index (χ4v) is 2.11. The highest BCUT2D eigenvalue weighted by Crippen LogP contribution is 2.21. The Morgan fingerprint density at radius 2 is 2.56 bits per heavy atom. The maximum absolute atomic E-state index is 11.9. The van der Waals surface area contributed by atoms with Crippen LogP contribution in [0, 0.1) is 11.3 Å². The van der Waals surface area contributed by atoms with E-state index in [-0.39, 0.29) is 11.9 Å². The van der Waals surface area contributed by atoms with Crippen LogP contribution >= 0.6 is 0 Å². The highest BCUT2D eigenvalue weighted by molar-refractivity contribution is 5.86. The molecular formula is C12H15N5O. The lowest BCUT2D eigenvalue weighted by Crippen LogP contribution is -2.57. The van der Waals surface area contributed by atoms with Gasteiger partial charge >= 0.3 is 0 Å². The Kier molecular flexibility index (Phi) is 3.75. The number of piperazine rings is 1. The molecule has 0 radical (unpaired) electrons. The van der Waals surface area contributed by atoms with Crippen molar-refractivity contribution in [1.82, 2.24) is 15.6 Å². The largest absolute Gasteiger partial charge is 0.357 e. The van der Waals surface area contributed by atoms with E-state index in [2.05, 4.69) is 21.7 Å². The number of amides is 1. The molecule has 1 amide bonds. The van der Waals surface area contributed by atoms with Crippen molar-refractivity contribution in [2.45, 2.75) is 6.04 Å². The second-order valence-electron chi connectivity index (χ2n) is 4.01. The predicted molar refractivity (Wildman–Crippen MR) is 67.0 cm³/mol. The van der Waals surface area contributed by atoms with Crippen LogP contribution in [-0.2, 0) is 4.79 Å². The van der Waals surface area contributed by atoms with Crippen LogP contribution in [0.5, 0.6) is 0 Å². The molecule has 0 saturated carbocycles. The summed E-state index contributed by atoms with van der Waals surface area (Å²) in [6.07, 6.45) is 1.58. The molecule has 2 rings (SSSR count). The summed E-state index contributed by atoms with van der Waals surface area (Å²) in [6, 6.07) is 5.36. The fraction of sp³-hybridized carbons (Fsp3) is 0.417. The standard InChI is InChI=1S/C12H15N5O/c1-14-12(18)11-8-15-5-6-17(11)10-3-2-4-16-9(10)7-13/h2-4,11,15H,5-6,8H2,1H3,(H,14,18). The summed E-state index contributed by atoms with van der Waals surface area (Å²) in [5.41, 5.74) is 1.07. The zero-order valence-electron chi connectivity index (χ0n) is 10.2. The van der Waals surface area contributed by atoms with E-state index < -0.39 is 0 Å². The zero-order chi connectivity index (χ0) is 13.0. The van der Waals surface area contributed by atoms with Gasteiger partial charge in [-0.2, -0.15) is 5.26 Å². The van der Waals surface area contributed by atoms with Crippen LogP contribution in [0.2, 0.25) is 0 Å². The third-order valence-electron chi connectivity index (χ3n) is 2.99. The van der Waals surface area contributed by atoms with Crippen molar-refractivity contribution in [3.63, 3.8) is 0 Å². The van der Waals surface area contributed by atoms with E-state index in [1.165, 1.54) is 0 Å². The first-order valence-corrected chi connectivity index (χ1v) is 5.82. The molecule has 2 N–H and O–H groups in total. The van der Waals surface area contributed by atoms with Crippen molar-refractivity contribution in [3.05, 3.63) is 24.0 Å². The molecule has 1 aromatic heterocycles. The number of rotatable bonds is 2. The Morgan fingerprint density at radius 3 is 3.28 bits per heavy atom. The van der Waals surface area contributed by atoms with Crippen molar-refractivity contribution in [1.29, 1.82) is 5.26 Å². The number of nitrogens with zero attached hydrogens (tertiary/aromatic N) is 3. The van der Waals surface area contributed by atoms with Crippen LogP contribution < -0.4 is 15.5 Å². The lowest BCUT2D eigenvalue weighted by molar-refractivity contribution is -0.122. The maximum Gasteiger partial charge on any atom is 0.243 e. The molecule has 1 unspecified atom stereocenters. The summed E-state index contributed by atoms with van der Waals surface area (Å²) >= 11 is 0. The number of nitrogens with one attached hydrogen (secondary N) is 2. The lowest BCUT2D eigenvalue weighted by atomic mass is 10.1. The molecule has 0 spiro atoms. The van der Waals surface area contributed by atoms with Gasteiger partial charge in [-0.3, -0.25) is 4.79 Å². The topological polar surface area (TPSA) is 81.1 Å². The minimum Gasteiger partial charge on any atom is -0.357 e. The Morgan fingerprint density at radius 1 is 1.72 bits per heavy atom. The van der Waals surface area contributed by atoms with Crippen LogP contribution in [0.4, 0.5) is 5.69 Å². The van der Waals surface area contributed by atoms with Gasteiger partial charge in [0.1, 0.15) is 12.1 Å². The Hall–Kier alpha value is -2.13. The van der Waals surface area contributed by atoms with E-state index in [0.717, 1.165) is 12.2 Å². The average Bonchev–Trinajstić information content (AvgIpc) is 2.46. The van der Waals surface area contributed by atoms with Gasteiger partial charge in [0.05, 0.1) is 5.69 Å². The molecule has 0 aliphatic carbocycles. The van der Waals surface area contributed by atoms with E-state index in [0.29, 0.717) is 18.8 Å². The Labute approximate surface area is 106 Å². The third kappa shape index (κ3) is 2.26. The summed E-state index contributed by atoms with van der Waals surface area (Å²) in [6.45, 7) is 2.03. The highest BCUT2D eigenvalue weighted by atomic mass is 16.2. The molecule has 6 nitrogen and oxygen atoms in total. The number of pyridine rings is 1. The van der Waals surface area contributed by atoms with E-state index in [9.17, 15) is 4.79 Å². The molecule has 0 bridgehead atoms. The normalized spacial score (nSPS) is 19.1. The molecule has 94 valence electrons. The van der Waals surface area contributed by atoms with Gasteiger partial charge in [0.2, 0.25) is 5.91 Å². The number of carbonyl (C=O) groups is 1. The van der Waals surface area contributed by atoms with Crippen LogP contribution in [0.15, 0.2) is 18.3 Å². The molecule has 0 aromatic carbocycles. The molecule has 1 saturated heterocycles. The number of anilines is 1. The molecule has 2 heterocycles. The Bertz CT molecular complexity index is 482. The summed E-state index contributed by atoms with van der Waals surface area (Å²) in [5, 5.41) is 14.9. The second kappa shape index (κ2) is 5.47. The SMILES string of the molecule is CNC(=O)C1CNCCN1c1cccnc1C#N. The third-order valence-corrected chi connectivity index (χ3v) is 2.99. The second-order valence-corrected chi connectivity index (χ2v) is 4.01. The molecule has 1 fully saturated rings. The fourth-order valence-electron chi connectivity index (χ4n) is 2.11. The zero-order valence-corrected chi connectivity index (χ0v) is 10.2. The molecule has 1 atom stereocenters.